The minimum atomic E-state index is -3.66. The number of hydrogen-bond acceptors (Lipinski definition) is 3. The molecule has 112 valence electrons. The number of benzene rings is 1. The lowest BCUT2D eigenvalue weighted by atomic mass is 10.1. The van der Waals surface area contributed by atoms with E-state index in [1.165, 1.54) is 16.4 Å². The highest BCUT2D eigenvalue weighted by Crippen LogP contribution is 2.26. The summed E-state index contributed by atoms with van der Waals surface area (Å²) in [6.45, 7) is 4.02. The van der Waals surface area contributed by atoms with Crippen LogP contribution in [-0.2, 0) is 14.8 Å². The Bertz CT molecular complexity index is 583. The number of hydrogen-bond donors (Lipinski definition) is 0. The second-order valence-corrected chi connectivity index (χ2v) is 7.06. The third kappa shape index (κ3) is 2.98. The molecule has 0 aliphatic carbocycles. The molecule has 1 aromatic rings. The predicted octanol–water partition coefficient (Wildman–Crippen LogP) is 2.07. The zero-order chi connectivity index (χ0) is 14.9. The van der Waals surface area contributed by atoms with Gasteiger partial charge in [-0.1, -0.05) is 0 Å². The molecule has 0 radical (unpaired) electrons. The molecule has 7 heteroatoms. The standard InChI is InChI=1S/C13H17ClFNO3S/c1-9-5-11(15)6-10(2)13(9)20(17,18)16-3-4-19-12(7-14)8-16/h5-6,12H,3-4,7-8H2,1-2H3. The summed E-state index contributed by atoms with van der Waals surface area (Å²) in [4.78, 5) is 0.175. The average molecular weight is 322 g/mol. The first kappa shape index (κ1) is 15.7. The Morgan fingerprint density at radius 3 is 2.55 bits per heavy atom. The average Bonchev–Trinajstić information content (AvgIpc) is 2.37. The first-order chi connectivity index (χ1) is 9.36. The van der Waals surface area contributed by atoms with Gasteiger partial charge in [-0.15, -0.1) is 11.6 Å². The van der Waals surface area contributed by atoms with E-state index in [-0.39, 0.29) is 30.0 Å². The zero-order valence-electron chi connectivity index (χ0n) is 11.4. The molecular formula is C13H17ClFNO3S. The highest BCUT2D eigenvalue weighted by molar-refractivity contribution is 7.89. The lowest BCUT2D eigenvalue weighted by Crippen LogP contribution is -2.46. The Labute approximate surface area is 123 Å². The summed E-state index contributed by atoms with van der Waals surface area (Å²) < 4.78 is 45.5. The van der Waals surface area contributed by atoms with Crippen LogP contribution in [0.4, 0.5) is 4.39 Å². The monoisotopic (exact) mass is 321 g/mol. The zero-order valence-corrected chi connectivity index (χ0v) is 13.0. The van der Waals surface area contributed by atoms with Gasteiger partial charge in [0, 0.05) is 19.0 Å². The van der Waals surface area contributed by atoms with Gasteiger partial charge >= 0.3 is 0 Å². The largest absolute Gasteiger partial charge is 0.374 e. The first-order valence-electron chi connectivity index (χ1n) is 6.30. The van der Waals surface area contributed by atoms with E-state index >= 15 is 0 Å². The lowest BCUT2D eigenvalue weighted by molar-refractivity contribution is 0.0122. The van der Waals surface area contributed by atoms with Gasteiger partial charge in [-0.3, -0.25) is 0 Å². The van der Waals surface area contributed by atoms with E-state index in [0.29, 0.717) is 17.7 Å². The molecule has 0 amide bonds. The van der Waals surface area contributed by atoms with Crippen molar-refractivity contribution in [2.24, 2.45) is 0 Å². The molecule has 0 saturated carbocycles. The van der Waals surface area contributed by atoms with E-state index < -0.39 is 15.8 Å². The van der Waals surface area contributed by atoms with Crippen molar-refractivity contribution >= 4 is 21.6 Å². The van der Waals surface area contributed by atoms with Gasteiger partial charge in [-0.25, -0.2) is 12.8 Å². The van der Waals surface area contributed by atoms with Crippen molar-refractivity contribution in [2.45, 2.75) is 24.8 Å². The molecule has 20 heavy (non-hydrogen) atoms. The summed E-state index contributed by atoms with van der Waals surface area (Å²) in [5.74, 6) is -0.188. The van der Waals surface area contributed by atoms with Crippen molar-refractivity contribution in [3.63, 3.8) is 0 Å². The number of aryl methyl sites for hydroxylation is 2. The molecule has 1 atom stereocenters. The maximum absolute atomic E-state index is 13.3. The van der Waals surface area contributed by atoms with Gasteiger partial charge in [0.25, 0.3) is 0 Å². The smallest absolute Gasteiger partial charge is 0.243 e. The summed E-state index contributed by atoms with van der Waals surface area (Å²) in [6.07, 6.45) is -0.304. The van der Waals surface area contributed by atoms with Crippen LogP contribution in [0.25, 0.3) is 0 Å². The van der Waals surface area contributed by atoms with Gasteiger partial charge < -0.3 is 4.74 Å². The molecule has 1 fully saturated rings. The normalized spacial score (nSPS) is 21.1. The molecule has 1 unspecified atom stereocenters. The van der Waals surface area contributed by atoms with E-state index in [0.717, 1.165) is 0 Å². The van der Waals surface area contributed by atoms with Crippen molar-refractivity contribution in [2.75, 3.05) is 25.6 Å². The maximum Gasteiger partial charge on any atom is 0.243 e. The van der Waals surface area contributed by atoms with Crippen molar-refractivity contribution in [1.29, 1.82) is 0 Å². The molecule has 2 rings (SSSR count). The van der Waals surface area contributed by atoms with E-state index in [9.17, 15) is 12.8 Å². The molecule has 1 aliphatic rings. The van der Waals surface area contributed by atoms with Crippen LogP contribution in [0.1, 0.15) is 11.1 Å². The SMILES string of the molecule is Cc1cc(F)cc(C)c1S(=O)(=O)N1CCOC(CCl)C1. The number of morpholine rings is 1. The first-order valence-corrected chi connectivity index (χ1v) is 8.28. The number of halogens is 2. The van der Waals surface area contributed by atoms with Gasteiger partial charge in [-0.2, -0.15) is 4.31 Å². The molecule has 1 heterocycles. The summed E-state index contributed by atoms with van der Waals surface area (Å²) >= 11 is 5.73. The summed E-state index contributed by atoms with van der Waals surface area (Å²) in [6, 6.07) is 2.47. The van der Waals surface area contributed by atoms with Crippen LogP contribution < -0.4 is 0 Å². The Morgan fingerprint density at radius 2 is 2.00 bits per heavy atom. The Hall–Kier alpha value is -0.690. The maximum atomic E-state index is 13.3. The highest BCUT2D eigenvalue weighted by Gasteiger charge is 2.32. The highest BCUT2D eigenvalue weighted by atomic mass is 35.5. The third-order valence-electron chi connectivity index (χ3n) is 3.30. The summed E-state index contributed by atoms with van der Waals surface area (Å²) in [7, 11) is -3.66. The fraction of sp³-hybridized carbons (Fsp3) is 0.538. The van der Waals surface area contributed by atoms with Gasteiger partial charge in [-0.05, 0) is 37.1 Å². The number of nitrogens with zero attached hydrogens (tertiary/aromatic N) is 1. The van der Waals surface area contributed by atoms with Gasteiger partial charge in [0.2, 0.25) is 10.0 Å². The molecule has 0 spiro atoms. The van der Waals surface area contributed by atoms with Crippen LogP contribution in [0.15, 0.2) is 17.0 Å². The van der Waals surface area contributed by atoms with Crippen LogP contribution in [-0.4, -0.2) is 44.4 Å². The number of alkyl halides is 1. The number of ether oxygens (including phenoxy) is 1. The van der Waals surface area contributed by atoms with Crippen LogP contribution in [0.2, 0.25) is 0 Å². The minimum absolute atomic E-state index is 0.175. The fourth-order valence-electron chi connectivity index (χ4n) is 2.44. The quantitative estimate of drug-likeness (QED) is 0.801. The second-order valence-electron chi connectivity index (χ2n) is 4.88. The van der Waals surface area contributed by atoms with Crippen LogP contribution in [0.3, 0.4) is 0 Å². The summed E-state index contributed by atoms with van der Waals surface area (Å²) in [5, 5.41) is 0. The summed E-state index contributed by atoms with van der Waals surface area (Å²) in [5.41, 5.74) is 0.827. The second kappa shape index (κ2) is 5.97. The topological polar surface area (TPSA) is 46.6 Å². The number of sulfonamides is 1. The van der Waals surface area contributed by atoms with Gasteiger partial charge in [0.05, 0.1) is 17.6 Å². The third-order valence-corrected chi connectivity index (χ3v) is 5.81. The molecular weight excluding hydrogens is 305 g/mol. The van der Waals surface area contributed by atoms with Crippen LogP contribution in [0, 0.1) is 19.7 Å². The van der Waals surface area contributed by atoms with E-state index in [1.807, 2.05) is 0 Å². The van der Waals surface area contributed by atoms with Gasteiger partial charge in [0.15, 0.2) is 0 Å². The molecule has 1 aromatic carbocycles. The van der Waals surface area contributed by atoms with Gasteiger partial charge in [0.1, 0.15) is 5.82 Å². The predicted molar refractivity (Wildman–Crippen MR) is 75.1 cm³/mol. The molecule has 0 aromatic heterocycles. The molecule has 4 nitrogen and oxygen atoms in total. The van der Waals surface area contributed by atoms with Crippen molar-refractivity contribution < 1.29 is 17.5 Å². The van der Waals surface area contributed by atoms with E-state index in [4.69, 9.17) is 16.3 Å². The number of rotatable bonds is 3. The molecule has 0 N–H and O–H groups in total. The Morgan fingerprint density at radius 1 is 1.40 bits per heavy atom. The van der Waals surface area contributed by atoms with E-state index in [1.54, 1.807) is 13.8 Å². The lowest BCUT2D eigenvalue weighted by Gasteiger charge is -2.32. The van der Waals surface area contributed by atoms with Crippen molar-refractivity contribution in [3.8, 4) is 0 Å². The Kier molecular flexibility index (Phi) is 4.69. The van der Waals surface area contributed by atoms with Crippen molar-refractivity contribution in [3.05, 3.63) is 29.1 Å². The van der Waals surface area contributed by atoms with Crippen LogP contribution in [0.5, 0.6) is 0 Å². The molecule has 1 aliphatic heterocycles. The van der Waals surface area contributed by atoms with Crippen LogP contribution >= 0.6 is 11.6 Å². The molecule has 0 bridgehead atoms. The van der Waals surface area contributed by atoms with E-state index in [2.05, 4.69) is 0 Å². The van der Waals surface area contributed by atoms with Crippen molar-refractivity contribution in [1.82, 2.24) is 4.31 Å². The molecule has 1 saturated heterocycles. The fourth-order valence-corrected chi connectivity index (χ4v) is 4.49. The minimum Gasteiger partial charge on any atom is -0.374 e. The Balaban J connectivity index is 2.40.